The molecule has 0 aliphatic rings. The minimum absolute atomic E-state index is 0.0298. The van der Waals surface area contributed by atoms with E-state index in [1.165, 1.54) is 6.21 Å². The number of benzene rings is 1. The van der Waals surface area contributed by atoms with Gasteiger partial charge in [-0.3, -0.25) is 0 Å². The molecule has 2 aromatic rings. The van der Waals surface area contributed by atoms with Crippen molar-refractivity contribution in [2.75, 3.05) is 0 Å². The van der Waals surface area contributed by atoms with Crippen molar-refractivity contribution in [1.82, 2.24) is 4.98 Å². The van der Waals surface area contributed by atoms with E-state index in [1.807, 2.05) is 24.3 Å². The molecule has 0 aliphatic carbocycles. The first kappa shape index (κ1) is 17.4. The normalized spacial score (nSPS) is 12.5. The fourth-order valence-corrected chi connectivity index (χ4v) is 2.87. The standard InChI is InChI=1S/C18H17N5S/c1-18(2,3)16-11-24-17(23-16)13-6-4-12(5-7-13)10-22-15(9-20)14(21)8-19/h4-7,10-11H,21H2,1-3H3/b15-14-,22-10?. The van der Waals surface area contributed by atoms with Crippen LogP contribution in [0.1, 0.15) is 32.0 Å². The number of nitrogens with zero attached hydrogens (tertiary/aromatic N) is 4. The smallest absolute Gasteiger partial charge is 0.174 e. The lowest BCUT2D eigenvalue weighted by atomic mass is 9.93. The van der Waals surface area contributed by atoms with Crippen molar-refractivity contribution in [3.8, 4) is 22.7 Å². The molecule has 2 rings (SSSR count). The molecule has 1 aromatic carbocycles. The first-order valence-electron chi connectivity index (χ1n) is 7.25. The highest BCUT2D eigenvalue weighted by Crippen LogP contribution is 2.29. The van der Waals surface area contributed by atoms with Crippen LogP contribution >= 0.6 is 11.3 Å². The minimum Gasteiger partial charge on any atom is -0.388 e. The van der Waals surface area contributed by atoms with E-state index >= 15 is 0 Å². The first-order valence-corrected chi connectivity index (χ1v) is 8.13. The summed E-state index contributed by atoms with van der Waals surface area (Å²) in [6, 6.07) is 11.2. The number of hydrogen-bond donors (Lipinski definition) is 1. The van der Waals surface area contributed by atoms with Gasteiger partial charge < -0.3 is 5.73 Å². The predicted octanol–water partition coefficient (Wildman–Crippen LogP) is 3.74. The molecule has 1 heterocycles. The van der Waals surface area contributed by atoms with Crippen LogP contribution in [0, 0.1) is 22.7 Å². The number of aromatic nitrogens is 1. The van der Waals surface area contributed by atoms with Gasteiger partial charge in [0.2, 0.25) is 0 Å². The van der Waals surface area contributed by atoms with Crippen LogP contribution < -0.4 is 5.73 Å². The lowest BCUT2D eigenvalue weighted by Crippen LogP contribution is -2.11. The molecule has 0 radical (unpaired) electrons. The summed E-state index contributed by atoms with van der Waals surface area (Å²) in [4.78, 5) is 8.64. The molecule has 0 amide bonds. The second-order valence-corrected chi connectivity index (χ2v) is 7.01. The SMILES string of the molecule is CC(C)(C)c1csc(-c2ccc(C=N/C(C#N)=C(\N)C#N)cc2)n1. The van der Waals surface area contributed by atoms with Gasteiger partial charge in [-0.1, -0.05) is 45.0 Å². The quantitative estimate of drug-likeness (QED) is 0.682. The van der Waals surface area contributed by atoms with Gasteiger partial charge in [0.1, 0.15) is 22.8 Å². The first-order chi connectivity index (χ1) is 11.3. The summed E-state index contributed by atoms with van der Waals surface area (Å²) in [5.41, 5.74) is 8.07. The van der Waals surface area contributed by atoms with Crippen LogP contribution in [-0.2, 0) is 5.41 Å². The van der Waals surface area contributed by atoms with Crippen LogP contribution in [0.5, 0.6) is 0 Å². The largest absolute Gasteiger partial charge is 0.388 e. The van der Waals surface area contributed by atoms with Crippen molar-refractivity contribution in [3.05, 3.63) is 52.3 Å². The Balaban J connectivity index is 2.22. The topological polar surface area (TPSA) is 98.9 Å². The zero-order valence-electron chi connectivity index (χ0n) is 13.7. The van der Waals surface area contributed by atoms with Crippen molar-refractivity contribution < 1.29 is 0 Å². The summed E-state index contributed by atoms with van der Waals surface area (Å²) in [7, 11) is 0. The Labute approximate surface area is 145 Å². The van der Waals surface area contributed by atoms with Crippen LogP contribution in [0.2, 0.25) is 0 Å². The molecule has 5 nitrogen and oxygen atoms in total. The molecule has 0 fully saturated rings. The van der Waals surface area contributed by atoms with Gasteiger partial charge in [0.25, 0.3) is 0 Å². The lowest BCUT2D eigenvalue weighted by molar-refractivity contribution is 0.573. The second-order valence-electron chi connectivity index (χ2n) is 6.15. The summed E-state index contributed by atoms with van der Waals surface area (Å²) in [5.74, 6) is 0. The van der Waals surface area contributed by atoms with E-state index < -0.39 is 0 Å². The maximum Gasteiger partial charge on any atom is 0.174 e. The lowest BCUT2D eigenvalue weighted by Gasteiger charge is -2.14. The van der Waals surface area contributed by atoms with E-state index in [2.05, 4.69) is 36.1 Å². The Morgan fingerprint density at radius 1 is 1.21 bits per heavy atom. The van der Waals surface area contributed by atoms with E-state index in [0.29, 0.717) is 0 Å². The molecule has 0 unspecified atom stereocenters. The van der Waals surface area contributed by atoms with Gasteiger partial charge in [-0.05, 0) is 5.56 Å². The Hall–Kier alpha value is -2.96. The van der Waals surface area contributed by atoms with Crippen LogP contribution in [0.3, 0.4) is 0 Å². The number of nitrogens with two attached hydrogens (primary N) is 1. The number of nitriles is 2. The number of hydrogen-bond acceptors (Lipinski definition) is 6. The maximum absolute atomic E-state index is 8.91. The minimum atomic E-state index is -0.192. The van der Waals surface area contributed by atoms with Gasteiger partial charge in [-0.15, -0.1) is 11.3 Å². The van der Waals surface area contributed by atoms with Crippen molar-refractivity contribution in [2.24, 2.45) is 10.7 Å². The molecule has 0 saturated carbocycles. The van der Waals surface area contributed by atoms with E-state index in [-0.39, 0.29) is 16.8 Å². The molecular weight excluding hydrogens is 318 g/mol. The average molecular weight is 335 g/mol. The molecule has 24 heavy (non-hydrogen) atoms. The van der Waals surface area contributed by atoms with Crippen LogP contribution in [0.4, 0.5) is 0 Å². The van der Waals surface area contributed by atoms with Crippen molar-refractivity contribution in [3.63, 3.8) is 0 Å². The molecule has 120 valence electrons. The van der Waals surface area contributed by atoms with Crippen molar-refractivity contribution in [1.29, 1.82) is 10.5 Å². The summed E-state index contributed by atoms with van der Waals surface area (Å²) in [6.45, 7) is 6.41. The molecule has 0 atom stereocenters. The summed E-state index contributed by atoms with van der Waals surface area (Å²) < 4.78 is 0. The zero-order chi connectivity index (χ0) is 17.7. The van der Waals surface area contributed by atoms with Gasteiger partial charge in [0, 0.05) is 22.6 Å². The molecule has 0 saturated heterocycles. The Kier molecular flexibility index (Phi) is 5.13. The zero-order valence-corrected chi connectivity index (χ0v) is 14.6. The van der Waals surface area contributed by atoms with E-state index in [0.717, 1.165) is 21.8 Å². The molecule has 2 N–H and O–H groups in total. The third kappa shape index (κ3) is 4.07. The Bertz CT molecular complexity index is 868. The molecule has 0 bridgehead atoms. The third-order valence-corrected chi connectivity index (χ3v) is 4.15. The second kappa shape index (κ2) is 7.08. The van der Waals surface area contributed by atoms with Gasteiger partial charge in [-0.2, -0.15) is 10.5 Å². The summed E-state index contributed by atoms with van der Waals surface area (Å²) in [5, 5.41) is 20.6. The summed E-state index contributed by atoms with van der Waals surface area (Å²) in [6.07, 6.45) is 1.51. The molecule has 6 heteroatoms. The molecular formula is C18H17N5S. The van der Waals surface area contributed by atoms with E-state index in [4.69, 9.17) is 16.3 Å². The molecule has 0 spiro atoms. The van der Waals surface area contributed by atoms with Crippen LogP contribution in [0.15, 0.2) is 46.0 Å². The van der Waals surface area contributed by atoms with Gasteiger partial charge in [0.05, 0.1) is 5.69 Å². The highest BCUT2D eigenvalue weighted by atomic mass is 32.1. The van der Waals surface area contributed by atoms with Crippen LogP contribution in [-0.4, -0.2) is 11.2 Å². The number of thiazole rings is 1. The van der Waals surface area contributed by atoms with E-state index in [9.17, 15) is 0 Å². The van der Waals surface area contributed by atoms with Crippen molar-refractivity contribution in [2.45, 2.75) is 26.2 Å². The molecule has 0 aliphatic heterocycles. The Morgan fingerprint density at radius 3 is 2.38 bits per heavy atom. The van der Waals surface area contributed by atoms with E-state index in [1.54, 1.807) is 23.5 Å². The molecule has 1 aromatic heterocycles. The van der Waals surface area contributed by atoms with Crippen molar-refractivity contribution >= 4 is 17.6 Å². The third-order valence-electron chi connectivity index (χ3n) is 3.25. The fourth-order valence-electron chi connectivity index (χ4n) is 1.81. The summed E-state index contributed by atoms with van der Waals surface area (Å²) >= 11 is 1.62. The number of aliphatic imine (C=N–C) groups is 1. The van der Waals surface area contributed by atoms with Crippen LogP contribution in [0.25, 0.3) is 10.6 Å². The highest BCUT2D eigenvalue weighted by Gasteiger charge is 2.17. The highest BCUT2D eigenvalue weighted by molar-refractivity contribution is 7.13. The number of allylic oxidation sites excluding steroid dienone is 2. The van der Waals surface area contributed by atoms with Gasteiger partial charge in [-0.25, -0.2) is 9.98 Å². The van der Waals surface area contributed by atoms with Gasteiger partial charge >= 0.3 is 0 Å². The fraction of sp³-hybridized carbons (Fsp3) is 0.222. The average Bonchev–Trinajstić information content (AvgIpc) is 3.06. The maximum atomic E-state index is 8.91. The predicted molar refractivity (Wildman–Crippen MR) is 96.3 cm³/mol. The number of rotatable bonds is 3. The Morgan fingerprint density at radius 2 is 1.88 bits per heavy atom. The van der Waals surface area contributed by atoms with Gasteiger partial charge in [0.15, 0.2) is 5.70 Å². The monoisotopic (exact) mass is 335 g/mol.